The fraction of sp³-hybridized carbons (Fsp3) is 0.261. The lowest BCUT2D eigenvalue weighted by atomic mass is 10.1. The van der Waals surface area contributed by atoms with E-state index in [4.69, 9.17) is 9.47 Å². The van der Waals surface area contributed by atoms with Gasteiger partial charge in [-0.3, -0.25) is 9.59 Å². The van der Waals surface area contributed by atoms with E-state index in [1.807, 2.05) is 24.3 Å². The van der Waals surface area contributed by atoms with Crippen molar-refractivity contribution in [1.82, 2.24) is 4.57 Å². The van der Waals surface area contributed by atoms with Gasteiger partial charge in [-0.05, 0) is 37.6 Å². The van der Waals surface area contributed by atoms with E-state index >= 15 is 0 Å². The number of rotatable bonds is 8. The molecule has 0 aliphatic carbocycles. The summed E-state index contributed by atoms with van der Waals surface area (Å²) in [5.41, 5.74) is 1.36. The normalized spacial score (nSPS) is 10.6. The molecule has 0 radical (unpaired) electrons. The summed E-state index contributed by atoms with van der Waals surface area (Å²) in [5, 5.41) is 3.59. The molecule has 2 aromatic carbocycles. The van der Waals surface area contributed by atoms with Crippen LogP contribution in [0, 0.1) is 0 Å². The average molecular weight is 408 g/mol. The predicted molar refractivity (Wildman–Crippen MR) is 115 cm³/mol. The molecule has 1 aromatic heterocycles. The van der Waals surface area contributed by atoms with Crippen LogP contribution >= 0.6 is 0 Å². The van der Waals surface area contributed by atoms with Crippen LogP contribution in [0.5, 0.6) is 5.75 Å². The van der Waals surface area contributed by atoms with Crippen molar-refractivity contribution in [2.24, 2.45) is 7.05 Å². The highest BCUT2D eigenvalue weighted by molar-refractivity contribution is 6.01. The maximum Gasteiger partial charge on any atom is 0.340 e. The second kappa shape index (κ2) is 9.73. The van der Waals surface area contributed by atoms with Crippen molar-refractivity contribution < 1.29 is 19.1 Å². The average Bonchev–Trinajstić information content (AvgIpc) is 2.75. The van der Waals surface area contributed by atoms with Crippen LogP contribution in [0.3, 0.4) is 0 Å². The van der Waals surface area contributed by atoms with Gasteiger partial charge >= 0.3 is 5.97 Å². The molecule has 0 fully saturated rings. The largest absolute Gasteiger partial charge is 0.493 e. The first-order valence-corrected chi connectivity index (χ1v) is 9.79. The summed E-state index contributed by atoms with van der Waals surface area (Å²) in [6.07, 6.45) is 0.664. The number of benzene rings is 2. The number of nitrogens with one attached hydrogen (secondary N) is 1. The fourth-order valence-electron chi connectivity index (χ4n) is 3.11. The van der Waals surface area contributed by atoms with Gasteiger partial charge in [0.05, 0.1) is 30.0 Å². The summed E-state index contributed by atoms with van der Waals surface area (Å²) in [5.74, 6) is -0.208. The molecule has 0 unspecified atom stereocenters. The van der Waals surface area contributed by atoms with E-state index in [-0.39, 0.29) is 31.1 Å². The highest BCUT2D eigenvalue weighted by Gasteiger charge is 2.14. The molecule has 1 N–H and O–H groups in total. The number of para-hydroxylation sites is 2. The van der Waals surface area contributed by atoms with E-state index < -0.39 is 5.97 Å². The lowest BCUT2D eigenvalue weighted by Gasteiger charge is -2.12. The number of fused-ring (bicyclic) bond motifs is 1. The topological polar surface area (TPSA) is 86.6 Å². The lowest BCUT2D eigenvalue weighted by molar-refractivity contribution is -0.116. The van der Waals surface area contributed by atoms with E-state index in [2.05, 4.69) is 5.32 Å². The molecule has 7 heteroatoms. The minimum atomic E-state index is -0.478. The molecule has 3 rings (SSSR count). The highest BCUT2D eigenvalue weighted by atomic mass is 16.5. The van der Waals surface area contributed by atoms with Gasteiger partial charge in [0.1, 0.15) is 5.75 Å². The number of carbonyl (C=O) groups excluding carboxylic acids is 2. The first kappa shape index (κ1) is 21.1. The van der Waals surface area contributed by atoms with Crippen molar-refractivity contribution in [3.8, 4) is 5.75 Å². The number of ether oxygens (including phenoxy) is 2. The van der Waals surface area contributed by atoms with E-state index in [1.165, 1.54) is 6.07 Å². The van der Waals surface area contributed by atoms with Gasteiger partial charge in [0.25, 0.3) is 5.56 Å². The standard InChI is InChI=1S/C23H24N2O5/c1-3-29-23(28)16-9-4-6-11-18(16)24-21(26)13-8-14-30-20-15-22(27)25(2)19-12-7-5-10-17(19)20/h4-7,9-12,15H,3,8,13-14H2,1-2H3,(H,24,26). The number of anilines is 1. The van der Waals surface area contributed by atoms with Crippen molar-refractivity contribution in [3.05, 3.63) is 70.5 Å². The van der Waals surface area contributed by atoms with E-state index in [0.29, 0.717) is 23.4 Å². The molecule has 7 nitrogen and oxygen atoms in total. The van der Waals surface area contributed by atoms with Gasteiger partial charge in [0, 0.05) is 24.9 Å². The van der Waals surface area contributed by atoms with Gasteiger partial charge < -0.3 is 19.4 Å². The summed E-state index contributed by atoms with van der Waals surface area (Å²) >= 11 is 0. The molecule has 1 heterocycles. The highest BCUT2D eigenvalue weighted by Crippen LogP contribution is 2.23. The number of esters is 1. The Morgan fingerprint density at radius 1 is 1.07 bits per heavy atom. The maximum atomic E-state index is 12.3. The summed E-state index contributed by atoms with van der Waals surface area (Å²) in [4.78, 5) is 36.4. The molecule has 0 atom stereocenters. The van der Waals surface area contributed by atoms with Crippen LogP contribution in [0.4, 0.5) is 5.69 Å². The van der Waals surface area contributed by atoms with Crippen LogP contribution in [-0.2, 0) is 16.6 Å². The summed E-state index contributed by atoms with van der Waals surface area (Å²) in [6.45, 7) is 2.27. The summed E-state index contributed by atoms with van der Waals surface area (Å²) < 4.78 is 12.4. The minimum absolute atomic E-state index is 0.156. The maximum absolute atomic E-state index is 12.3. The van der Waals surface area contributed by atoms with Crippen LogP contribution in [0.1, 0.15) is 30.1 Å². The Morgan fingerprint density at radius 2 is 1.80 bits per heavy atom. The van der Waals surface area contributed by atoms with Gasteiger partial charge in [-0.2, -0.15) is 0 Å². The lowest BCUT2D eigenvalue weighted by Crippen LogP contribution is -2.18. The Bertz CT molecular complexity index is 1120. The molecule has 0 saturated carbocycles. The van der Waals surface area contributed by atoms with Crippen LogP contribution in [0.2, 0.25) is 0 Å². The first-order chi connectivity index (χ1) is 14.5. The third-order valence-corrected chi connectivity index (χ3v) is 4.62. The zero-order valence-electron chi connectivity index (χ0n) is 17.0. The Hall–Kier alpha value is -3.61. The van der Waals surface area contributed by atoms with Crippen molar-refractivity contribution >= 4 is 28.5 Å². The van der Waals surface area contributed by atoms with Gasteiger partial charge in [0.15, 0.2) is 0 Å². The minimum Gasteiger partial charge on any atom is -0.493 e. The van der Waals surface area contributed by atoms with Gasteiger partial charge in [-0.25, -0.2) is 4.79 Å². The molecule has 30 heavy (non-hydrogen) atoms. The van der Waals surface area contributed by atoms with Crippen molar-refractivity contribution in [3.63, 3.8) is 0 Å². The molecular weight excluding hydrogens is 384 g/mol. The Kier molecular flexibility index (Phi) is 6.85. The number of hydrogen-bond donors (Lipinski definition) is 1. The van der Waals surface area contributed by atoms with Crippen LogP contribution in [0.15, 0.2) is 59.4 Å². The van der Waals surface area contributed by atoms with E-state index in [9.17, 15) is 14.4 Å². The van der Waals surface area contributed by atoms with Crippen LogP contribution in [-0.4, -0.2) is 29.7 Å². The molecule has 3 aromatic rings. The Labute approximate surface area is 174 Å². The Morgan fingerprint density at radius 3 is 2.60 bits per heavy atom. The van der Waals surface area contributed by atoms with E-state index in [1.54, 1.807) is 42.8 Å². The number of carbonyl (C=O) groups is 2. The predicted octanol–water partition coefficient (Wildman–Crippen LogP) is 3.51. The zero-order valence-corrected chi connectivity index (χ0v) is 17.0. The number of amides is 1. The monoisotopic (exact) mass is 408 g/mol. The van der Waals surface area contributed by atoms with Crippen molar-refractivity contribution in [1.29, 1.82) is 0 Å². The molecule has 1 amide bonds. The van der Waals surface area contributed by atoms with Gasteiger partial charge in [0.2, 0.25) is 5.91 Å². The van der Waals surface area contributed by atoms with Crippen LogP contribution in [0.25, 0.3) is 10.9 Å². The molecule has 156 valence electrons. The third-order valence-electron chi connectivity index (χ3n) is 4.62. The van der Waals surface area contributed by atoms with Gasteiger partial charge in [-0.15, -0.1) is 0 Å². The quantitative estimate of drug-likeness (QED) is 0.455. The van der Waals surface area contributed by atoms with E-state index in [0.717, 1.165) is 10.9 Å². The van der Waals surface area contributed by atoms with Crippen LogP contribution < -0.4 is 15.6 Å². The first-order valence-electron chi connectivity index (χ1n) is 9.79. The van der Waals surface area contributed by atoms with Crippen molar-refractivity contribution in [2.45, 2.75) is 19.8 Å². The summed E-state index contributed by atoms with van der Waals surface area (Å²) in [6, 6.07) is 15.7. The summed E-state index contributed by atoms with van der Waals surface area (Å²) in [7, 11) is 1.72. The third kappa shape index (κ3) is 4.86. The second-order valence-electron chi connectivity index (χ2n) is 6.69. The molecule has 0 bridgehead atoms. The molecule has 0 saturated heterocycles. The molecule has 0 aliphatic rings. The second-order valence-corrected chi connectivity index (χ2v) is 6.69. The number of nitrogens with zero attached hydrogens (tertiary/aromatic N) is 1. The number of aromatic nitrogens is 1. The molecule has 0 spiro atoms. The number of hydrogen-bond acceptors (Lipinski definition) is 5. The molecular formula is C23H24N2O5. The number of aryl methyl sites for hydroxylation is 1. The van der Waals surface area contributed by atoms with Crippen molar-refractivity contribution in [2.75, 3.05) is 18.5 Å². The Balaban J connectivity index is 1.58. The number of pyridine rings is 1. The molecule has 0 aliphatic heterocycles. The smallest absolute Gasteiger partial charge is 0.340 e. The fourth-order valence-corrected chi connectivity index (χ4v) is 3.11. The van der Waals surface area contributed by atoms with Gasteiger partial charge in [-0.1, -0.05) is 24.3 Å². The zero-order chi connectivity index (χ0) is 21.5. The SMILES string of the molecule is CCOC(=O)c1ccccc1NC(=O)CCCOc1cc(=O)n(C)c2ccccc12.